The van der Waals surface area contributed by atoms with Crippen LogP contribution in [-0.4, -0.2) is 26.7 Å². The van der Waals surface area contributed by atoms with Gasteiger partial charge in [0, 0.05) is 19.4 Å². The van der Waals surface area contributed by atoms with Gasteiger partial charge in [0.05, 0.1) is 5.69 Å². The third-order valence-electron chi connectivity index (χ3n) is 6.27. The lowest BCUT2D eigenvalue weighted by Gasteiger charge is -2.30. The fourth-order valence-electron chi connectivity index (χ4n) is 4.64. The molecule has 1 aliphatic carbocycles. The number of carbonyl (C=O) groups excluding carboxylic acids is 1. The Kier molecular flexibility index (Phi) is 6.14. The Morgan fingerprint density at radius 3 is 2.55 bits per heavy atom. The third kappa shape index (κ3) is 5.15. The summed E-state index contributed by atoms with van der Waals surface area (Å²) in [5, 5.41) is 6.23. The number of carbonyl (C=O) groups is 1. The van der Waals surface area contributed by atoms with Crippen molar-refractivity contribution in [2.45, 2.75) is 56.8 Å². The average molecular weight is 440 g/mol. The molecule has 1 saturated carbocycles. The van der Waals surface area contributed by atoms with Crippen LogP contribution in [0.2, 0.25) is 0 Å². The van der Waals surface area contributed by atoms with Gasteiger partial charge in [0.1, 0.15) is 10.7 Å². The summed E-state index contributed by atoms with van der Waals surface area (Å²) >= 11 is 0. The molecule has 1 heterocycles. The van der Waals surface area contributed by atoms with Crippen LogP contribution in [0.15, 0.2) is 57.8 Å². The topological polar surface area (TPSA) is 87.6 Å². The molecule has 4 rings (SSSR count). The monoisotopic (exact) mass is 439 g/mol. The maximum absolute atomic E-state index is 12.7. The molecule has 2 aliphatic rings. The summed E-state index contributed by atoms with van der Waals surface area (Å²) in [7, 11) is -3.71. The predicted molar refractivity (Wildman–Crippen MR) is 123 cm³/mol. The highest BCUT2D eigenvalue weighted by Gasteiger charge is 2.38. The number of fused-ring (bicyclic) bond motifs is 1. The number of anilines is 1. The first kappa shape index (κ1) is 21.6. The minimum Gasteiger partial charge on any atom is -0.356 e. The highest BCUT2D eigenvalue weighted by molar-refractivity contribution is 7.90. The number of aryl methyl sites for hydroxylation is 1. The Balaban J connectivity index is 1.39. The van der Waals surface area contributed by atoms with Gasteiger partial charge in [-0.25, -0.2) is 0 Å². The predicted octanol–water partition coefficient (Wildman–Crippen LogP) is 4.21. The Morgan fingerprint density at radius 1 is 1.10 bits per heavy atom. The molecule has 0 saturated heterocycles. The van der Waals surface area contributed by atoms with E-state index in [9.17, 15) is 13.2 Å². The fraction of sp³-hybridized carbons (Fsp3) is 0.417. The van der Waals surface area contributed by atoms with Crippen molar-refractivity contribution in [3.8, 4) is 0 Å². The van der Waals surface area contributed by atoms with Crippen LogP contribution in [0.5, 0.6) is 0 Å². The number of amidine groups is 1. The van der Waals surface area contributed by atoms with Crippen LogP contribution in [0.3, 0.4) is 0 Å². The normalized spacial score (nSPS) is 18.5. The van der Waals surface area contributed by atoms with Crippen LogP contribution in [0, 0.1) is 12.3 Å². The van der Waals surface area contributed by atoms with Crippen molar-refractivity contribution in [3.05, 3.63) is 59.7 Å². The summed E-state index contributed by atoms with van der Waals surface area (Å²) < 4.78 is 29.2. The zero-order valence-electron chi connectivity index (χ0n) is 17.9. The summed E-state index contributed by atoms with van der Waals surface area (Å²) in [6.07, 6.45) is 5.56. The molecular weight excluding hydrogens is 410 g/mol. The first-order chi connectivity index (χ1) is 14.9. The number of benzene rings is 2. The maximum Gasteiger partial charge on any atom is 0.286 e. The van der Waals surface area contributed by atoms with Crippen molar-refractivity contribution in [2.24, 2.45) is 9.81 Å². The molecule has 0 spiro atoms. The lowest BCUT2D eigenvalue weighted by atomic mass is 9.78. The van der Waals surface area contributed by atoms with Crippen LogP contribution >= 0.6 is 0 Å². The van der Waals surface area contributed by atoms with E-state index in [1.54, 1.807) is 24.3 Å². The van der Waals surface area contributed by atoms with Gasteiger partial charge >= 0.3 is 0 Å². The molecule has 0 bridgehead atoms. The van der Waals surface area contributed by atoms with Crippen LogP contribution in [0.1, 0.15) is 49.7 Å². The minimum atomic E-state index is -3.71. The number of rotatable bonds is 7. The van der Waals surface area contributed by atoms with Gasteiger partial charge in [-0.05, 0) is 49.3 Å². The molecule has 0 aromatic heterocycles. The van der Waals surface area contributed by atoms with Gasteiger partial charge in [-0.2, -0.15) is 8.42 Å². The largest absolute Gasteiger partial charge is 0.356 e. The van der Waals surface area contributed by atoms with E-state index in [0.29, 0.717) is 30.9 Å². The van der Waals surface area contributed by atoms with E-state index in [0.717, 1.165) is 32.1 Å². The summed E-state index contributed by atoms with van der Waals surface area (Å²) in [5.41, 5.74) is 2.73. The Labute approximate surface area is 184 Å². The molecule has 2 aromatic carbocycles. The van der Waals surface area contributed by atoms with Crippen molar-refractivity contribution in [2.75, 3.05) is 11.9 Å². The molecule has 7 heteroatoms. The molecule has 1 fully saturated rings. The maximum atomic E-state index is 12.7. The second kappa shape index (κ2) is 8.83. The van der Waals surface area contributed by atoms with Crippen molar-refractivity contribution in [3.63, 3.8) is 0 Å². The van der Waals surface area contributed by atoms with Crippen molar-refractivity contribution >= 4 is 27.5 Å². The first-order valence-corrected chi connectivity index (χ1v) is 12.3. The lowest BCUT2D eigenvalue weighted by molar-refractivity contribution is -0.123. The average Bonchev–Trinajstić information content (AvgIpc) is 3.16. The summed E-state index contributed by atoms with van der Waals surface area (Å²) in [6, 6.07) is 15.1. The number of nitrogens with one attached hydrogen (secondary N) is 2. The highest BCUT2D eigenvalue weighted by atomic mass is 32.2. The molecule has 1 aliphatic heterocycles. The van der Waals surface area contributed by atoms with Crippen molar-refractivity contribution < 1.29 is 13.2 Å². The van der Waals surface area contributed by atoms with Crippen LogP contribution in [0.25, 0.3) is 0 Å². The number of para-hydroxylation sites is 1. The quantitative estimate of drug-likeness (QED) is 0.677. The van der Waals surface area contributed by atoms with Gasteiger partial charge in [-0.3, -0.25) is 4.79 Å². The van der Waals surface area contributed by atoms with Crippen LogP contribution in [0.4, 0.5) is 5.69 Å². The molecular formula is C24H29N3O3S. The Hall–Kier alpha value is -2.67. The molecule has 1 amide bonds. The SMILES string of the molecule is Cc1ccc(CCNC(=O)CC2(CC3=NS(=O)(=O)c4ccccc4N3)CCCC2)cc1. The molecule has 2 N–H and O–H groups in total. The number of sulfonamides is 1. The number of amides is 1. The van der Waals surface area contributed by atoms with Crippen LogP contribution < -0.4 is 10.6 Å². The number of nitrogens with zero attached hydrogens (tertiary/aromatic N) is 1. The van der Waals surface area contributed by atoms with E-state index in [2.05, 4.69) is 46.2 Å². The smallest absolute Gasteiger partial charge is 0.286 e. The van der Waals surface area contributed by atoms with E-state index in [1.807, 2.05) is 0 Å². The second-order valence-electron chi connectivity index (χ2n) is 8.78. The molecule has 0 unspecified atom stereocenters. The van der Waals surface area contributed by atoms with E-state index < -0.39 is 10.0 Å². The zero-order chi connectivity index (χ0) is 21.9. The minimum absolute atomic E-state index is 0.0219. The Morgan fingerprint density at radius 2 is 1.81 bits per heavy atom. The van der Waals surface area contributed by atoms with Crippen LogP contribution in [-0.2, 0) is 21.2 Å². The molecule has 31 heavy (non-hydrogen) atoms. The van der Waals surface area contributed by atoms with Gasteiger partial charge in [-0.15, -0.1) is 4.40 Å². The molecule has 2 aromatic rings. The van der Waals surface area contributed by atoms with Gasteiger partial charge in [0.15, 0.2) is 0 Å². The second-order valence-corrected chi connectivity index (χ2v) is 10.4. The van der Waals surface area contributed by atoms with Gasteiger partial charge in [0.2, 0.25) is 5.91 Å². The fourth-order valence-corrected chi connectivity index (χ4v) is 5.79. The summed E-state index contributed by atoms with van der Waals surface area (Å²) in [4.78, 5) is 12.9. The number of hydrogen-bond acceptors (Lipinski definition) is 4. The summed E-state index contributed by atoms with van der Waals surface area (Å²) in [6.45, 7) is 2.65. The molecule has 0 atom stereocenters. The number of hydrogen-bond donors (Lipinski definition) is 2. The van der Waals surface area contributed by atoms with E-state index in [4.69, 9.17) is 0 Å². The zero-order valence-corrected chi connectivity index (χ0v) is 18.7. The third-order valence-corrected chi connectivity index (χ3v) is 7.65. The molecule has 164 valence electrons. The van der Waals surface area contributed by atoms with Gasteiger partial charge in [-0.1, -0.05) is 54.8 Å². The van der Waals surface area contributed by atoms with Gasteiger partial charge in [0.25, 0.3) is 10.0 Å². The highest BCUT2D eigenvalue weighted by Crippen LogP contribution is 2.45. The summed E-state index contributed by atoms with van der Waals surface area (Å²) in [5.74, 6) is 0.460. The first-order valence-electron chi connectivity index (χ1n) is 10.9. The Bertz CT molecular complexity index is 1090. The molecule has 0 radical (unpaired) electrons. The molecule has 6 nitrogen and oxygen atoms in total. The van der Waals surface area contributed by atoms with E-state index >= 15 is 0 Å². The van der Waals surface area contributed by atoms with Crippen molar-refractivity contribution in [1.82, 2.24) is 5.32 Å². The van der Waals surface area contributed by atoms with E-state index in [1.165, 1.54) is 11.1 Å². The van der Waals surface area contributed by atoms with E-state index in [-0.39, 0.29) is 16.2 Å². The van der Waals surface area contributed by atoms with Crippen molar-refractivity contribution in [1.29, 1.82) is 0 Å². The standard InChI is InChI=1S/C24H29N3O3S/c1-18-8-10-19(11-9-18)12-15-25-23(28)17-24(13-4-5-14-24)16-22-26-20-6-2-3-7-21(20)31(29,30)27-22/h2-3,6-11H,4-5,12-17H2,1H3,(H,25,28)(H,26,27). The lowest BCUT2D eigenvalue weighted by Crippen LogP contribution is -2.35. The van der Waals surface area contributed by atoms with Gasteiger partial charge < -0.3 is 10.6 Å².